The fourth-order valence-corrected chi connectivity index (χ4v) is 2.49. The molecule has 1 unspecified atom stereocenters. The number of carbonyl (C=O) groups is 3. The molecule has 0 aliphatic carbocycles. The van der Waals surface area contributed by atoms with Gasteiger partial charge in [-0.1, -0.05) is 29.8 Å². The van der Waals surface area contributed by atoms with Crippen molar-refractivity contribution in [3.8, 4) is 0 Å². The Morgan fingerprint density at radius 1 is 1.15 bits per heavy atom. The molecule has 138 valence electrons. The maximum atomic E-state index is 12.5. The van der Waals surface area contributed by atoms with Gasteiger partial charge >= 0.3 is 5.97 Å². The van der Waals surface area contributed by atoms with Crippen molar-refractivity contribution in [2.45, 2.75) is 46.3 Å². The molecule has 0 aliphatic rings. The van der Waals surface area contributed by atoms with E-state index in [0.29, 0.717) is 5.56 Å². The molecule has 2 rings (SSSR count). The zero-order valence-electron chi connectivity index (χ0n) is 15.5. The second-order valence-corrected chi connectivity index (χ2v) is 6.54. The molecule has 2 aromatic rings. The summed E-state index contributed by atoms with van der Waals surface area (Å²) in [5, 5.41) is 2.84. The Bertz CT molecular complexity index is 790. The molecule has 6 heteroatoms. The molecule has 26 heavy (non-hydrogen) atoms. The van der Waals surface area contributed by atoms with E-state index in [4.69, 9.17) is 4.74 Å². The van der Waals surface area contributed by atoms with Gasteiger partial charge in [-0.05, 0) is 39.3 Å². The van der Waals surface area contributed by atoms with Crippen LogP contribution in [0.1, 0.15) is 65.2 Å². The molecule has 1 heterocycles. The number of H-pyrrole nitrogens is 1. The largest absolute Gasteiger partial charge is 0.463 e. The molecule has 1 aromatic carbocycles. The lowest BCUT2D eigenvalue weighted by Crippen LogP contribution is -2.31. The minimum absolute atomic E-state index is 0.0211. The maximum absolute atomic E-state index is 12.5. The smallest absolute Gasteiger partial charge is 0.308 e. The molecule has 0 fully saturated rings. The minimum atomic E-state index is -0.529. The molecule has 0 saturated carbocycles. The van der Waals surface area contributed by atoms with Crippen LogP contribution in [0.4, 0.5) is 0 Å². The van der Waals surface area contributed by atoms with Crippen LogP contribution in [0.25, 0.3) is 0 Å². The van der Waals surface area contributed by atoms with Gasteiger partial charge in [0.25, 0.3) is 5.91 Å². The molecule has 1 aromatic heterocycles. The van der Waals surface area contributed by atoms with Gasteiger partial charge in [0.05, 0.1) is 18.6 Å². The van der Waals surface area contributed by atoms with Crippen LogP contribution in [0, 0.1) is 6.92 Å². The van der Waals surface area contributed by atoms with Crippen molar-refractivity contribution in [1.82, 2.24) is 10.3 Å². The SMILES string of the molecule is CC(=O)c1c[nH]c(C(=O)NC(CC(=O)OC(C)C)c2ccc(C)cc2)c1. The highest BCUT2D eigenvalue weighted by molar-refractivity contribution is 5.99. The quantitative estimate of drug-likeness (QED) is 0.588. The highest BCUT2D eigenvalue weighted by Crippen LogP contribution is 2.19. The van der Waals surface area contributed by atoms with Gasteiger partial charge in [-0.15, -0.1) is 0 Å². The van der Waals surface area contributed by atoms with E-state index < -0.39 is 6.04 Å². The average molecular weight is 356 g/mol. The summed E-state index contributed by atoms with van der Waals surface area (Å²) in [5.41, 5.74) is 2.59. The van der Waals surface area contributed by atoms with Gasteiger partial charge < -0.3 is 15.0 Å². The summed E-state index contributed by atoms with van der Waals surface area (Å²) in [7, 11) is 0. The monoisotopic (exact) mass is 356 g/mol. The molecular formula is C20H24N2O4. The van der Waals surface area contributed by atoms with Crippen molar-refractivity contribution in [2.75, 3.05) is 0 Å². The van der Waals surface area contributed by atoms with Gasteiger partial charge in [0.15, 0.2) is 5.78 Å². The van der Waals surface area contributed by atoms with Crippen LogP contribution < -0.4 is 5.32 Å². The lowest BCUT2D eigenvalue weighted by atomic mass is 10.0. The first kappa shape index (κ1) is 19.4. The third-order valence-electron chi connectivity index (χ3n) is 3.86. The summed E-state index contributed by atoms with van der Waals surface area (Å²) in [5.74, 6) is -0.905. The molecule has 0 saturated heterocycles. The van der Waals surface area contributed by atoms with Gasteiger partial charge in [-0.2, -0.15) is 0 Å². The zero-order chi connectivity index (χ0) is 19.3. The highest BCUT2D eigenvalue weighted by atomic mass is 16.5. The molecule has 1 amide bonds. The van der Waals surface area contributed by atoms with Crippen LogP contribution in [0.5, 0.6) is 0 Å². The first-order valence-corrected chi connectivity index (χ1v) is 8.52. The normalized spacial score (nSPS) is 11.9. The van der Waals surface area contributed by atoms with Crippen molar-refractivity contribution in [2.24, 2.45) is 0 Å². The number of hydrogen-bond acceptors (Lipinski definition) is 4. The lowest BCUT2D eigenvalue weighted by Gasteiger charge is -2.19. The van der Waals surface area contributed by atoms with Gasteiger partial charge in [-0.3, -0.25) is 14.4 Å². The van der Waals surface area contributed by atoms with Crippen LogP contribution in [0.3, 0.4) is 0 Å². The van der Waals surface area contributed by atoms with Crippen molar-refractivity contribution >= 4 is 17.7 Å². The van der Waals surface area contributed by atoms with Gasteiger partial charge in [0, 0.05) is 11.8 Å². The molecule has 0 bridgehead atoms. The summed E-state index contributed by atoms with van der Waals surface area (Å²) in [6.45, 7) is 6.95. The summed E-state index contributed by atoms with van der Waals surface area (Å²) >= 11 is 0. The highest BCUT2D eigenvalue weighted by Gasteiger charge is 2.21. The number of benzene rings is 1. The van der Waals surface area contributed by atoms with Crippen molar-refractivity contribution in [1.29, 1.82) is 0 Å². The predicted molar refractivity (Wildman–Crippen MR) is 98.0 cm³/mol. The number of amides is 1. The van der Waals surface area contributed by atoms with E-state index in [0.717, 1.165) is 11.1 Å². The van der Waals surface area contributed by atoms with Gasteiger partial charge in [0.2, 0.25) is 0 Å². The summed E-state index contributed by atoms with van der Waals surface area (Å²) < 4.78 is 5.21. The minimum Gasteiger partial charge on any atom is -0.463 e. The Balaban J connectivity index is 2.19. The van der Waals surface area contributed by atoms with Crippen LogP contribution in [-0.4, -0.2) is 28.7 Å². The first-order valence-electron chi connectivity index (χ1n) is 8.52. The Hall–Kier alpha value is -2.89. The Morgan fingerprint density at radius 2 is 1.81 bits per heavy atom. The lowest BCUT2D eigenvalue weighted by molar-refractivity contribution is -0.147. The van der Waals surface area contributed by atoms with E-state index in [1.807, 2.05) is 31.2 Å². The Kier molecular flexibility index (Phi) is 6.33. The fraction of sp³-hybridized carbons (Fsp3) is 0.350. The van der Waals surface area contributed by atoms with Crippen LogP contribution in [0.2, 0.25) is 0 Å². The molecule has 1 atom stereocenters. The van der Waals surface area contributed by atoms with Crippen molar-refractivity contribution < 1.29 is 19.1 Å². The molecule has 0 spiro atoms. The van der Waals surface area contributed by atoms with E-state index in [-0.39, 0.29) is 35.9 Å². The molecule has 0 radical (unpaired) electrons. The number of aryl methyl sites for hydroxylation is 1. The van der Waals surface area contributed by atoms with E-state index in [2.05, 4.69) is 10.3 Å². The number of aromatic nitrogens is 1. The Labute approximate surface area is 152 Å². The van der Waals surface area contributed by atoms with E-state index in [1.165, 1.54) is 19.2 Å². The summed E-state index contributed by atoms with van der Waals surface area (Å²) in [4.78, 5) is 38.8. The first-order chi connectivity index (χ1) is 12.3. The number of rotatable bonds is 7. The number of hydrogen-bond donors (Lipinski definition) is 2. The van der Waals surface area contributed by atoms with E-state index >= 15 is 0 Å². The molecule has 6 nitrogen and oxygen atoms in total. The average Bonchev–Trinajstić information content (AvgIpc) is 3.04. The maximum Gasteiger partial charge on any atom is 0.308 e. The zero-order valence-corrected chi connectivity index (χ0v) is 15.5. The second-order valence-electron chi connectivity index (χ2n) is 6.54. The van der Waals surface area contributed by atoms with Crippen LogP contribution in [0.15, 0.2) is 36.5 Å². The number of carbonyl (C=O) groups excluding carboxylic acids is 3. The number of nitrogens with one attached hydrogen (secondary N) is 2. The molecule has 2 N–H and O–H groups in total. The number of Topliss-reactive ketones (excluding diaryl/α,β-unsaturated/α-hetero) is 1. The summed E-state index contributed by atoms with van der Waals surface area (Å²) in [6.07, 6.45) is 1.29. The molecule has 0 aliphatic heterocycles. The van der Waals surface area contributed by atoms with Gasteiger partial charge in [-0.25, -0.2) is 0 Å². The predicted octanol–water partition coefficient (Wildman–Crippen LogP) is 3.34. The van der Waals surface area contributed by atoms with Crippen LogP contribution in [-0.2, 0) is 9.53 Å². The molecular weight excluding hydrogens is 332 g/mol. The number of ether oxygens (including phenoxy) is 1. The van der Waals surface area contributed by atoms with E-state index in [1.54, 1.807) is 13.8 Å². The number of esters is 1. The number of aromatic amines is 1. The van der Waals surface area contributed by atoms with Crippen molar-refractivity contribution in [3.63, 3.8) is 0 Å². The van der Waals surface area contributed by atoms with Crippen molar-refractivity contribution in [3.05, 3.63) is 58.9 Å². The number of ketones is 1. The fourth-order valence-electron chi connectivity index (χ4n) is 2.49. The topological polar surface area (TPSA) is 88.3 Å². The third kappa shape index (κ3) is 5.31. The van der Waals surface area contributed by atoms with Crippen LogP contribution >= 0.6 is 0 Å². The van der Waals surface area contributed by atoms with E-state index in [9.17, 15) is 14.4 Å². The Morgan fingerprint density at radius 3 is 2.35 bits per heavy atom. The third-order valence-corrected chi connectivity index (χ3v) is 3.86. The summed E-state index contributed by atoms with van der Waals surface area (Å²) in [6, 6.07) is 8.56. The van der Waals surface area contributed by atoms with Gasteiger partial charge in [0.1, 0.15) is 5.69 Å². The second kappa shape index (κ2) is 8.47. The standard InChI is InChI=1S/C20H24N2O4/c1-12(2)26-19(24)10-17(15-7-5-13(3)6-8-15)22-20(25)18-9-16(11-21-18)14(4)23/h5-9,11-12,17,21H,10H2,1-4H3,(H,22,25).